The first-order valence-electron chi connectivity index (χ1n) is 9.44. The van der Waals surface area contributed by atoms with Crippen molar-refractivity contribution in [3.63, 3.8) is 0 Å². The van der Waals surface area contributed by atoms with Gasteiger partial charge in [-0.2, -0.15) is 0 Å². The van der Waals surface area contributed by atoms with Gasteiger partial charge in [-0.25, -0.2) is 0 Å². The summed E-state index contributed by atoms with van der Waals surface area (Å²) in [6.07, 6.45) is 4.28. The second kappa shape index (κ2) is 8.09. The molecule has 2 aliphatic rings. The zero-order valence-electron chi connectivity index (χ0n) is 15.4. The minimum Gasteiger partial charge on any atom is -0.504 e. The maximum absolute atomic E-state index is 12.7. The van der Waals surface area contributed by atoms with Crippen molar-refractivity contribution in [2.45, 2.75) is 39.2 Å². The number of nitrogens with zero attached hydrogens (tertiary/aromatic N) is 2. The third-order valence-electron chi connectivity index (χ3n) is 5.56. The van der Waals surface area contributed by atoms with Crippen molar-refractivity contribution in [2.75, 3.05) is 33.3 Å². The molecule has 5 heteroatoms. The molecule has 0 aromatic heterocycles. The highest BCUT2D eigenvalue weighted by Gasteiger charge is 2.30. The lowest BCUT2D eigenvalue weighted by molar-refractivity contribution is -0.138. The summed E-state index contributed by atoms with van der Waals surface area (Å²) in [5.41, 5.74) is 1.13. The highest BCUT2D eigenvalue weighted by molar-refractivity contribution is 5.79. The Hall–Kier alpha value is -1.75. The van der Waals surface area contributed by atoms with Gasteiger partial charge < -0.3 is 14.7 Å². The Kier molecular flexibility index (Phi) is 5.84. The van der Waals surface area contributed by atoms with E-state index in [0.717, 1.165) is 57.5 Å². The SMILES string of the molecule is COc1cc(CN2CCC(C(=O)N3CCC[C@H](C)C3)CC2)ccc1O. The molecule has 0 unspecified atom stereocenters. The van der Waals surface area contributed by atoms with Crippen molar-refractivity contribution in [2.24, 2.45) is 11.8 Å². The van der Waals surface area contributed by atoms with E-state index in [9.17, 15) is 9.90 Å². The van der Waals surface area contributed by atoms with Crippen molar-refractivity contribution in [1.82, 2.24) is 9.80 Å². The van der Waals surface area contributed by atoms with Crippen LogP contribution in [-0.2, 0) is 11.3 Å². The maximum atomic E-state index is 12.7. The molecule has 25 heavy (non-hydrogen) atoms. The third kappa shape index (κ3) is 4.46. The van der Waals surface area contributed by atoms with E-state index in [2.05, 4.69) is 16.7 Å². The molecule has 138 valence electrons. The zero-order chi connectivity index (χ0) is 17.8. The second-order valence-electron chi connectivity index (χ2n) is 7.59. The van der Waals surface area contributed by atoms with Crippen molar-refractivity contribution in [3.05, 3.63) is 23.8 Å². The number of phenolic OH excluding ortho intramolecular Hbond substituents is 1. The minimum absolute atomic E-state index is 0.173. The van der Waals surface area contributed by atoms with Crippen molar-refractivity contribution in [3.8, 4) is 11.5 Å². The number of phenols is 1. The average Bonchev–Trinajstić information content (AvgIpc) is 2.63. The molecule has 1 N–H and O–H groups in total. The van der Waals surface area contributed by atoms with Crippen molar-refractivity contribution >= 4 is 5.91 Å². The van der Waals surface area contributed by atoms with Gasteiger partial charge in [-0.3, -0.25) is 9.69 Å². The van der Waals surface area contributed by atoms with E-state index in [1.54, 1.807) is 13.2 Å². The number of aromatic hydroxyl groups is 1. The summed E-state index contributed by atoms with van der Waals surface area (Å²) in [6.45, 7) is 6.85. The molecule has 1 aromatic carbocycles. The fourth-order valence-electron chi connectivity index (χ4n) is 4.06. The lowest BCUT2D eigenvalue weighted by atomic mass is 9.92. The molecule has 3 rings (SSSR count). The van der Waals surface area contributed by atoms with E-state index in [1.807, 2.05) is 12.1 Å². The third-order valence-corrected chi connectivity index (χ3v) is 5.56. The number of methoxy groups -OCH3 is 1. The Bertz CT molecular complexity index is 597. The Morgan fingerprint density at radius 2 is 2.00 bits per heavy atom. The summed E-state index contributed by atoms with van der Waals surface area (Å²) >= 11 is 0. The van der Waals surface area contributed by atoms with Crippen LogP contribution in [0.25, 0.3) is 0 Å². The van der Waals surface area contributed by atoms with E-state index in [-0.39, 0.29) is 11.7 Å². The molecule has 0 spiro atoms. The Labute approximate surface area is 150 Å². The summed E-state index contributed by atoms with van der Waals surface area (Å²) in [6, 6.07) is 5.51. The first-order chi connectivity index (χ1) is 12.1. The van der Waals surface area contributed by atoms with E-state index < -0.39 is 0 Å². The summed E-state index contributed by atoms with van der Waals surface area (Å²) in [7, 11) is 1.57. The lowest BCUT2D eigenvalue weighted by Gasteiger charge is -2.37. The molecule has 2 fully saturated rings. The number of rotatable bonds is 4. The predicted octanol–water partition coefficient (Wildman–Crippen LogP) is 2.87. The largest absolute Gasteiger partial charge is 0.504 e. The van der Waals surface area contributed by atoms with E-state index in [4.69, 9.17) is 4.74 Å². The second-order valence-corrected chi connectivity index (χ2v) is 7.59. The first kappa shape index (κ1) is 18.1. The molecule has 0 saturated carbocycles. The highest BCUT2D eigenvalue weighted by Crippen LogP contribution is 2.28. The fraction of sp³-hybridized carbons (Fsp3) is 0.650. The molecule has 2 heterocycles. The van der Waals surface area contributed by atoms with E-state index in [1.165, 1.54) is 6.42 Å². The van der Waals surface area contributed by atoms with Gasteiger partial charge >= 0.3 is 0 Å². The van der Waals surface area contributed by atoms with Crippen LogP contribution in [0.1, 0.15) is 38.2 Å². The molecule has 2 saturated heterocycles. The smallest absolute Gasteiger partial charge is 0.225 e. The van der Waals surface area contributed by atoms with Gasteiger partial charge in [-0.1, -0.05) is 13.0 Å². The molecule has 0 bridgehead atoms. The van der Waals surface area contributed by atoms with Gasteiger partial charge in [0.2, 0.25) is 5.91 Å². The number of ether oxygens (including phenoxy) is 1. The summed E-state index contributed by atoms with van der Waals surface area (Å²) in [4.78, 5) is 17.2. The molecular formula is C20H30N2O3. The number of piperidine rings is 2. The summed E-state index contributed by atoms with van der Waals surface area (Å²) in [5.74, 6) is 1.89. The molecule has 1 aromatic rings. The van der Waals surface area contributed by atoms with Crippen LogP contribution in [0.3, 0.4) is 0 Å². The Morgan fingerprint density at radius 1 is 1.24 bits per heavy atom. The number of benzene rings is 1. The Balaban J connectivity index is 1.51. The van der Waals surface area contributed by atoms with Crippen LogP contribution in [0.5, 0.6) is 11.5 Å². The van der Waals surface area contributed by atoms with Crippen LogP contribution in [-0.4, -0.2) is 54.1 Å². The number of carbonyl (C=O) groups excluding carboxylic acids is 1. The van der Waals surface area contributed by atoms with Gasteiger partial charge in [-0.15, -0.1) is 0 Å². The Morgan fingerprint density at radius 3 is 2.68 bits per heavy atom. The fourth-order valence-corrected chi connectivity index (χ4v) is 4.06. The van der Waals surface area contributed by atoms with Gasteiger partial charge in [0, 0.05) is 25.6 Å². The van der Waals surface area contributed by atoms with Crippen LogP contribution in [0.2, 0.25) is 0 Å². The monoisotopic (exact) mass is 346 g/mol. The first-order valence-corrected chi connectivity index (χ1v) is 9.44. The molecule has 1 amide bonds. The van der Waals surface area contributed by atoms with Gasteiger partial charge in [0.05, 0.1) is 7.11 Å². The van der Waals surface area contributed by atoms with Crippen LogP contribution < -0.4 is 4.74 Å². The molecule has 2 aliphatic heterocycles. The quantitative estimate of drug-likeness (QED) is 0.911. The zero-order valence-corrected chi connectivity index (χ0v) is 15.4. The predicted molar refractivity (Wildman–Crippen MR) is 97.6 cm³/mol. The van der Waals surface area contributed by atoms with Crippen LogP contribution in [0.15, 0.2) is 18.2 Å². The van der Waals surface area contributed by atoms with Crippen molar-refractivity contribution < 1.29 is 14.6 Å². The number of carbonyl (C=O) groups is 1. The van der Waals surface area contributed by atoms with Crippen LogP contribution in [0.4, 0.5) is 0 Å². The molecule has 0 radical (unpaired) electrons. The summed E-state index contributed by atoms with van der Waals surface area (Å²) < 4.78 is 5.18. The molecule has 1 atom stereocenters. The number of amides is 1. The van der Waals surface area contributed by atoms with Gasteiger partial charge in [-0.05, 0) is 62.4 Å². The van der Waals surface area contributed by atoms with Crippen LogP contribution in [0, 0.1) is 11.8 Å². The number of hydrogen-bond acceptors (Lipinski definition) is 4. The maximum Gasteiger partial charge on any atom is 0.225 e. The normalized spacial score (nSPS) is 22.8. The topological polar surface area (TPSA) is 53.0 Å². The lowest BCUT2D eigenvalue weighted by Crippen LogP contribution is -2.45. The molecule has 0 aliphatic carbocycles. The van der Waals surface area contributed by atoms with E-state index in [0.29, 0.717) is 17.6 Å². The van der Waals surface area contributed by atoms with E-state index >= 15 is 0 Å². The van der Waals surface area contributed by atoms with Gasteiger partial charge in [0.15, 0.2) is 11.5 Å². The molecular weight excluding hydrogens is 316 g/mol. The van der Waals surface area contributed by atoms with Crippen LogP contribution >= 0.6 is 0 Å². The molecule has 5 nitrogen and oxygen atoms in total. The number of hydrogen-bond donors (Lipinski definition) is 1. The average molecular weight is 346 g/mol. The van der Waals surface area contributed by atoms with Crippen molar-refractivity contribution in [1.29, 1.82) is 0 Å². The van der Waals surface area contributed by atoms with Gasteiger partial charge in [0.1, 0.15) is 0 Å². The minimum atomic E-state index is 0.173. The number of likely N-dealkylation sites (tertiary alicyclic amines) is 2. The highest BCUT2D eigenvalue weighted by atomic mass is 16.5. The standard InChI is InChI=1S/C20H30N2O3/c1-15-4-3-9-22(13-15)20(24)17-7-10-21(11-8-17)14-16-5-6-18(23)19(12-16)25-2/h5-6,12,15,17,23H,3-4,7-11,13-14H2,1-2H3/t15-/m0/s1. The van der Waals surface area contributed by atoms with Gasteiger partial charge in [0.25, 0.3) is 0 Å². The summed E-state index contributed by atoms with van der Waals surface area (Å²) in [5, 5.41) is 9.70.